The largest absolute Gasteiger partial charge is 0.473 e. The minimum absolute atomic E-state index is 0. The van der Waals surface area contributed by atoms with Gasteiger partial charge in [-0.05, 0) is 6.92 Å². The maximum Gasteiger partial charge on any atom is 0.252 e. The Bertz CT molecular complexity index is 220. The monoisotopic (exact) mass is 274 g/mol. The van der Waals surface area contributed by atoms with E-state index in [4.69, 9.17) is 9.84 Å². The van der Waals surface area contributed by atoms with Crippen molar-refractivity contribution >= 4 is 11.7 Å². The van der Waals surface area contributed by atoms with Gasteiger partial charge in [-0.15, -0.1) is 0 Å². The molecule has 0 amide bonds. The van der Waals surface area contributed by atoms with Gasteiger partial charge in [0, 0.05) is 44.2 Å². The van der Waals surface area contributed by atoms with Crippen molar-refractivity contribution in [1.82, 2.24) is 4.90 Å². The smallest absolute Gasteiger partial charge is 0.252 e. The SMILES string of the molecule is CCO.CN=C1OCCN(C)C1=NC.[CH3-].[Ni]. The molecule has 1 N–H and O–H groups in total. The molecule has 0 spiro atoms. The molecule has 0 aromatic heterocycles. The minimum atomic E-state index is 0. The Morgan fingerprint density at radius 3 is 2.19 bits per heavy atom. The summed E-state index contributed by atoms with van der Waals surface area (Å²) >= 11 is 0. The molecule has 0 aromatic carbocycles. The summed E-state index contributed by atoms with van der Waals surface area (Å²) < 4.78 is 5.28. The molecule has 1 aliphatic rings. The zero-order valence-corrected chi connectivity index (χ0v) is 11.6. The summed E-state index contributed by atoms with van der Waals surface area (Å²) in [7, 11) is 5.43. The Morgan fingerprint density at radius 1 is 1.38 bits per heavy atom. The molecule has 100 valence electrons. The van der Waals surface area contributed by atoms with Gasteiger partial charge in [-0.3, -0.25) is 9.98 Å². The van der Waals surface area contributed by atoms with Crippen molar-refractivity contribution in [2.24, 2.45) is 9.98 Å². The van der Waals surface area contributed by atoms with Crippen LogP contribution in [0, 0.1) is 7.43 Å². The van der Waals surface area contributed by atoms with E-state index in [2.05, 4.69) is 9.98 Å². The summed E-state index contributed by atoms with van der Waals surface area (Å²) in [4.78, 5) is 10.1. The topological polar surface area (TPSA) is 57.4 Å². The molecule has 0 radical (unpaired) electrons. The number of aliphatic hydroxyl groups is 1. The number of aliphatic hydroxyl groups excluding tert-OH is 1. The minimum Gasteiger partial charge on any atom is -0.473 e. The predicted molar refractivity (Wildman–Crippen MR) is 64.5 cm³/mol. The zero-order chi connectivity index (χ0) is 11.0. The summed E-state index contributed by atoms with van der Waals surface area (Å²) in [5.41, 5.74) is 0. The van der Waals surface area contributed by atoms with Crippen LogP contribution in [0.15, 0.2) is 9.98 Å². The van der Waals surface area contributed by atoms with Crippen LogP contribution in [0.1, 0.15) is 6.92 Å². The summed E-state index contributed by atoms with van der Waals surface area (Å²) in [5, 5.41) is 7.57. The molecule has 1 saturated heterocycles. The first kappa shape index (κ1) is 20.8. The third-order valence-electron chi connectivity index (χ3n) is 1.63. The van der Waals surface area contributed by atoms with E-state index in [1.807, 2.05) is 11.9 Å². The number of nitrogens with zero attached hydrogens (tertiary/aromatic N) is 3. The van der Waals surface area contributed by atoms with Crippen LogP contribution in [0.3, 0.4) is 0 Å². The van der Waals surface area contributed by atoms with Gasteiger partial charge < -0.3 is 22.2 Å². The van der Waals surface area contributed by atoms with Crippen LogP contribution < -0.4 is 0 Å². The van der Waals surface area contributed by atoms with Crippen LogP contribution in [0.25, 0.3) is 0 Å². The Balaban J connectivity index is -0.000000306. The molecule has 1 fully saturated rings. The number of rotatable bonds is 0. The molecule has 0 saturated carbocycles. The first-order valence-corrected chi connectivity index (χ1v) is 4.59. The number of hydrogen-bond acceptors (Lipinski definition) is 4. The summed E-state index contributed by atoms with van der Waals surface area (Å²) in [6, 6.07) is 0. The van der Waals surface area contributed by atoms with E-state index in [9.17, 15) is 0 Å². The average molecular weight is 275 g/mol. The van der Waals surface area contributed by atoms with Crippen molar-refractivity contribution in [2.45, 2.75) is 6.92 Å². The molecule has 6 heteroatoms. The second-order valence-electron chi connectivity index (χ2n) is 2.66. The number of morpholine rings is 1. The van der Waals surface area contributed by atoms with Gasteiger partial charge in [-0.25, -0.2) is 0 Å². The normalized spacial score (nSPS) is 18.9. The van der Waals surface area contributed by atoms with Gasteiger partial charge in [0.25, 0.3) is 5.90 Å². The van der Waals surface area contributed by atoms with Crippen LogP contribution in [0.4, 0.5) is 0 Å². The van der Waals surface area contributed by atoms with Gasteiger partial charge in [0.1, 0.15) is 6.61 Å². The van der Waals surface area contributed by atoms with E-state index in [0.29, 0.717) is 12.5 Å². The molecule has 0 bridgehead atoms. The van der Waals surface area contributed by atoms with Gasteiger partial charge in [-0.1, -0.05) is 0 Å². The second-order valence-corrected chi connectivity index (χ2v) is 2.66. The fourth-order valence-corrected chi connectivity index (χ4v) is 1.04. The van der Waals surface area contributed by atoms with Crippen LogP contribution in [0.2, 0.25) is 0 Å². The number of ether oxygens (including phenoxy) is 1. The number of likely N-dealkylation sites (N-methyl/N-ethyl adjacent to an activating group) is 1. The van der Waals surface area contributed by atoms with Crippen LogP contribution in [-0.2, 0) is 21.2 Å². The fourth-order valence-electron chi connectivity index (χ4n) is 1.04. The average Bonchev–Trinajstić information content (AvgIpc) is 2.18. The molecular weight excluding hydrogens is 253 g/mol. The van der Waals surface area contributed by atoms with Crippen molar-refractivity contribution in [3.8, 4) is 0 Å². The van der Waals surface area contributed by atoms with Gasteiger partial charge in [0.15, 0.2) is 5.84 Å². The van der Waals surface area contributed by atoms with E-state index >= 15 is 0 Å². The van der Waals surface area contributed by atoms with Crippen molar-refractivity contribution in [3.05, 3.63) is 7.43 Å². The summed E-state index contributed by atoms with van der Waals surface area (Å²) in [6.45, 7) is 3.51. The maximum absolute atomic E-state index is 7.57. The summed E-state index contributed by atoms with van der Waals surface area (Å²) in [6.07, 6.45) is 0. The molecule has 1 rings (SSSR count). The van der Waals surface area contributed by atoms with Crippen LogP contribution >= 0.6 is 0 Å². The molecule has 0 unspecified atom stereocenters. The van der Waals surface area contributed by atoms with Crippen molar-refractivity contribution in [1.29, 1.82) is 0 Å². The Morgan fingerprint density at radius 2 is 1.88 bits per heavy atom. The van der Waals surface area contributed by atoms with Crippen molar-refractivity contribution < 1.29 is 26.3 Å². The van der Waals surface area contributed by atoms with Crippen molar-refractivity contribution in [3.63, 3.8) is 0 Å². The Labute approximate surface area is 109 Å². The molecule has 0 aromatic rings. The van der Waals surface area contributed by atoms with E-state index in [-0.39, 0.29) is 30.5 Å². The van der Waals surface area contributed by atoms with Crippen molar-refractivity contribution in [2.75, 3.05) is 40.9 Å². The molecule has 5 nitrogen and oxygen atoms in total. The molecular formula is C10H22N3NiO2-. The molecule has 1 heterocycles. The maximum atomic E-state index is 7.57. The number of amidine groups is 1. The third-order valence-corrected chi connectivity index (χ3v) is 1.63. The molecule has 16 heavy (non-hydrogen) atoms. The van der Waals surface area contributed by atoms with Crippen LogP contribution in [0.5, 0.6) is 0 Å². The van der Waals surface area contributed by atoms with Gasteiger partial charge >= 0.3 is 0 Å². The quantitative estimate of drug-likeness (QED) is 0.516. The van der Waals surface area contributed by atoms with E-state index < -0.39 is 0 Å². The van der Waals surface area contributed by atoms with Gasteiger partial charge in [-0.2, -0.15) is 0 Å². The molecule has 1 aliphatic heterocycles. The number of hydrogen-bond donors (Lipinski definition) is 1. The Hall–Kier alpha value is -0.606. The molecule has 0 aliphatic carbocycles. The van der Waals surface area contributed by atoms with Crippen LogP contribution in [-0.4, -0.2) is 62.6 Å². The first-order chi connectivity index (χ1) is 6.71. The predicted octanol–water partition coefficient (Wildman–Crippen LogP) is 0.451. The second kappa shape index (κ2) is 12.5. The van der Waals surface area contributed by atoms with E-state index in [1.165, 1.54) is 0 Å². The summed E-state index contributed by atoms with van der Waals surface area (Å²) in [5.74, 6) is 1.47. The number of aliphatic imine (C=N–C) groups is 2. The van der Waals surface area contributed by atoms with E-state index in [0.717, 1.165) is 12.4 Å². The van der Waals surface area contributed by atoms with Gasteiger partial charge in [0.2, 0.25) is 0 Å². The third kappa shape index (κ3) is 6.80. The fraction of sp³-hybridized carbons (Fsp3) is 0.700. The first-order valence-electron chi connectivity index (χ1n) is 4.59. The zero-order valence-electron chi connectivity index (χ0n) is 10.6. The Kier molecular flexibility index (Phi) is 16.2. The van der Waals surface area contributed by atoms with Gasteiger partial charge in [0.05, 0.1) is 6.54 Å². The van der Waals surface area contributed by atoms with E-state index in [1.54, 1.807) is 21.0 Å². The molecule has 0 atom stereocenters. The standard InChI is InChI=1S/C7H13N3O.C2H6O.CH3.Ni/c1-8-6-7(9-2)11-5-4-10(6)3;1-2-3;;/h4-5H2,1-3H3;3H,2H2,1H3;1H3;/q;;-1;.